The first kappa shape index (κ1) is 9.21. The van der Waals surface area contributed by atoms with Crippen LogP contribution in [-0.2, 0) is 13.6 Å². The van der Waals surface area contributed by atoms with Crippen molar-refractivity contribution in [1.82, 2.24) is 15.0 Å². The minimum Gasteiger partial charge on any atom is -0.362 e. The summed E-state index contributed by atoms with van der Waals surface area (Å²) < 4.78 is 1.68. The summed E-state index contributed by atoms with van der Waals surface area (Å²) in [4.78, 5) is 1.34. The normalized spacial score (nSPS) is 10.4. The highest BCUT2D eigenvalue weighted by molar-refractivity contribution is 7.10. The molecule has 2 heterocycles. The molecule has 14 heavy (non-hydrogen) atoms. The van der Waals surface area contributed by atoms with Crippen LogP contribution in [0.1, 0.15) is 10.4 Å². The molecule has 0 saturated heterocycles. The highest BCUT2D eigenvalue weighted by atomic mass is 32.1. The molecule has 0 aliphatic heterocycles. The van der Waals surface area contributed by atoms with Crippen molar-refractivity contribution in [3.05, 3.63) is 28.1 Å². The molecule has 2 aromatic heterocycles. The predicted molar refractivity (Wildman–Crippen MR) is 57.4 cm³/mol. The van der Waals surface area contributed by atoms with E-state index in [1.54, 1.807) is 16.0 Å². The van der Waals surface area contributed by atoms with Gasteiger partial charge < -0.3 is 5.32 Å². The maximum atomic E-state index is 3.95. The standard InChI is InChI=1S/C9H12N4S/c1-7-3-4-14-8(7)5-10-9-6-13(2)12-11-9/h3-4,6,10H,5H2,1-2H3. The lowest BCUT2D eigenvalue weighted by Crippen LogP contribution is -1.98. The first-order valence-corrected chi connectivity index (χ1v) is 5.27. The molecule has 0 radical (unpaired) electrons. The van der Waals surface area contributed by atoms with Crippen molar-refractivity contribution in [2.24, 2.45) is 7.05 Å². The molecular weight excluding hydrogens is 196 g/mol. The van der Waals surface area contributed by atoms with E-state index in [0.717, 1.165) is 12.4 Å². The number of thiophene rings is 1. The van der Waals surface area contributed by atoms with Crippen molar-refractivity contribution in [2.45, 2.75) is 13.5 Å². The largest absolute Gasteiger partial charge is 0.362 e. The summed E-state index contributed by atoms with van der Waals surface area (Å²) in [7, 11) is 1.86. The summed E-state index contributed by atoms with van der Waals surface area (Å²) in [5.41, 5.74) is 1.33. The number of nitrogens with zero attached hydrogens (tertiary/aromatic N) is 3. The Morgan fingerprint density at radius 3 is 3.00 bits per heavy atom. The molecule has 0 spiro atoms. The third-order valence-electron chi connectivity index (χ3n) is 2.00. The second-order valence-corrected chi connectivity index (χ2v) is 4.16. The molecule has 5 heteroatoms. The first-order chi connectivity index (χ1) is 6.75. The van der Waals surface area contributed by atoms with Crippen molar-refractivity contribution < 1.29 is 0 Å². The van der Waals surface area contributed by atoms with Crippen LogP contribution >= 0.6 is 11.3 Å². The number of anilines is 1. The molecule has 0 saturated carbocycles. The number of aryl methyl sites for hydroxylation is 2. The van der Waals surface area contributed by atoms with E-state index in [2.05, 4.69) is 34.0 Å². The number of rotatable bonds is 3. The zero-order chi connectivity index (χ0) is 9.97. The van der Waals surface area contributed by atoms with Gasteiger partial charge in [0.25, 0.3) is 0 Å². The fourth-order valence-corrected chi connectivity index (χ4v) is 2.03. The third-order valence-corrected chi connectivity index (χ3v) is 3.02. The van der Waals surface area contributed by atoms with Crippen molar-refractivity contribution in [1.29, 1.82) is 0 Å². The van der Waals surface area contributed by atoms with Crippen molar-refractivity contribution in [3.8, 4) is 0 Å². The Morgan fingerprint density at radius 1 is 1.57 bits per heavy atom. The van der Waals surface area contributed by atoms with Gasteiger partial charge in [-0.2, -0.15) is 0 Å². The zero-order valence-electron chi connectivity index (χ0n) is 8.19. The van der Waals surface area contributed by atoms with Gasteiger partial charge in [-0.25, -0.2) is 0 Å². The van der Waals surface area contributed by atoms with Gasteiger partial charge >= 0.3 is 0 Å². The van der Waals surface area contributed by atoms with Crippen LogP contribution in [0, 0.1) is 6.92 Å². The van der Waals surface area contributed by atoms with Crippen LogP contribution < -0.4 is 5.32 Å². The Morgan fingerprint density at radius 2 is 2.43 bits per heavy atom. The Balaban J connectivity index is 1.98. The average molecular weight is 208 g/mol. The minimum absolute atomic E-state index is 0.820. The zero-order valence-corrected chi connectivity index (χ0v) is 9.01. The Kier molecular flexibility index (Phi) is 2.49. The van der Waals surface area contributed by atoms with Crippen LogP contribution in [0.2, 0.25) is 0 Å². The van der Waals surface area contributed by atoms with E-state index in [9.17, 15) is 0 Å². The van der Waals surface area contributed by atoms with Crippen LogP contribution in [0.25, 0.3) is 0 Å². The Hall–Kier alpha value is -1.36. The molecule has 0 aromatic carbocycles. The van der Waals surface area contributed by atoms with E-state index in [1.165, 1.54) is 10.4 Å². The monoisotopic (exact) mass is 208 g/mol. The van der Waals surface area contributed by atoms with Crippen molar-refractivity contribution >= 4 is 17.2 Å². The first-order valence-electron chi connectivity index (χ1n) is 4.39. The summed E-state index contributed by atoms with van der Waals surface area (Å²) in [6, 6.07) is 2.12. The smallest absolute Gasteiger partial charge is 0.168 e. The summed E-state index contributed by atoms with van der Waals surface area (Å²) in [5.74, 6) is 0.820. The highest BCUT2D eigenvalue weighted by Gasteiger charge is 2.01. The quantitative estimate of drug-likeness (QED) is 0.836. The van der Waals surface area contributed by atoms with Crippen LogP contribution in [0.15, 0.2) is 17.6 Å². The fraction of sp³-hybridized carbons (Fsp3) is 0.333. The maximum Gasteiger partial charge on any atom is 0.168 e. The van der Waals surface area contributed by atoms with E-state index >= 15 is 0 Å². The van der Waals surface area contributed by atoms with Gasteiger partial charge in [0, 0.05) is 11.9 Å². The SMILES string of the molecule is Cc1ccsc1CNc1cn(C)nn1. The second kappa shape index (κ2) is 3.79. The van der Waals surface area contributed by atoms with E-state index in [4.69, 9.17) is 0 Å². The Bertz CT molecular complexity index is 418. The van der Waals surface area contributed by atoms with Gasteiger partial charge in [-0.1, -0.05) is 5.21 Å². The number of aromatic nitrogens is 3. The fourth-order valence-electron chi connectivity index (χ4n) is 1.18. The summed E-state index contributed by atoms with van der Waals surface area (Å²) >= 11 is 1.76. The second-order valence-electron chi connectivity index (χ2n) is 3.16. The number of hydrogen-bond acceptors (Lipinski definition) is 4. The lowest BCUT2D eigenvalue weighted by molar-refractivity contribution is 0.715. The molecule has 74 valence electrons. The van der Waals surface area contributed by atoms with Crippen LogP contribution in [-0.4, -0.2) is 15.0 Å². The topological polar surface area (TPSA) is 42.7 Å². The molecule has 0 amide bonds. The minimum atomic E-state index is 0.820. The third kappa shape index (κ3) is 1.93. The molecule has 2 aromatic rings. The van der Waals surface area contributed by atoms with Crippen LogP contribution in [0.5, 0.6) is 0 Å². The number of nitrogens with one attached hydrogen (secondary N) is 1. The number of hydrogen-bond donors (Lipinski definition) is 1. The van der Waals surface area contributed by atoms with Gasteiger partial charge in [0.2, 0.25) is 0 Å². The predicted octanol–water partition coefficient (Wildman–Crippen LogP) is 1.80. The van der Waals surface area contributed by atoms with Gasteiger partial charge in [-0.3, -0.25) is 4.68 Å². The van der Waals surface area contributed by atoms with E-state index < -0.39 is 0 Å². The molecule has 0 aliphatic carbocycles. The summed E-state index contributed by atoms with van der Waals surface area (Å²) in [6.45, 7) is 2.94. The summed E-state index contributed by atoms with van der Waals surface area (Å²) in [6.07, 6.45) is 1.86. The lowest BCUT2D eigenvalue weighted by atomic mass is 10.3. The Labute approximate surface area is 86.6 Å². The van der Waals surface area contributed by atoms with Gasteiger partial charge in [-0.15, -0.1) is 16.4 Å². The lowest BCUT2D eigenvalue weighted by Gasteiger charge is -2.00. The molecule has 4 nitrogen and oxygen atoms in total. The molecular formula is C9H12N4S. The molecule has 0 bridgehead atoms. The van der Waals surface area contributed by atoms with Crippen molar-refractivity contribution in [2.75, 3.05) is 5.32 Å². The highest BCUT2D eigenvalue weighted by Crippen LogP contribution is 2.16. The van der Waals surface area contributed by atoms with Crippen LogP contribution in [0.4, 0.5) is 5.82 Å². The van der Waals surface area contributed by atoms with Crippen molar-refractivity contribution in [3.63, 3.8) is 0 Å². The average Bonchev–Trinajstić information content (AvgIpc) is 2.72. The van der Waals surface area contributed by atoms with E-state index in [1.807, 2.05) is 13.2 Å². The maximum absolute atomic E-state index is 3.95. The molecule has 2 rings (SSSR count). The van der Waals surface area contributed by atoms with Gasteiger partial charge in [-0.05, 0) is 23.9 Å². The molecule has 0 unspecified atom stereocenters. The molecule has 0 fully saturated rings. The van der Waals surface area contributed by atoms with Gasteiger partial charge in [0.1, 0.15) is 0 Å². The molecule has 0 atom stereocenters. The van der Waals surface area contributed by atoms with Gasteiger partial charge in [0.15, 0.2) is 5.82 Å². The van der Waals surface area contributed by atoms with Crippen LogP contribution in [0.3, 0.4) is 0 Å². The van der Waals surface area contributed by atoms with Gasteiger partial charge in [0.05, 0.1) is 12.7 Å². The molecule has 0 aliphatic rings. The van der Waals surface area contributed by atoms with E-state index in [-0.39, 0.29) is 0 Å². The molecule has 1 N–H and O–H groups in total. The van der Waals surface area contributed by atoms with E-state index in [0.29, 0.717) is 0 Å². The summed E-state index contributed by atoms with van der Waals surface area (Å²) in [5, 5.41) is 13.1.